The van der Waals surface area contributed by atoms with Gasteiger partial charge in [-0.05, 0) is 36.4 Å². The van der Waals surface area contributed by atoms with Gasteiger partial charge in [-0.2, -0.15) is 0 Å². The van der Waals surface area contributed by atoms with Crippen LogP contribution < -0.4 is 15.4 Å². The highest BCUT2D eigenvalue weighted by atomic mass is 35.5. The normalized spacial score (nSPS) is 10.5. The van der Waals surface area contributed by atoms with Crippen molar-refractivity contribution in [2.24, 2.45) is 0 Å². The number of nitrogens with one attached hydrogen (secondary N) is 2. The van der Waals surface area contributed by atoms with Gasteiger partial charge in [0.1, 0.15) is 5.82 Å². The van der Waals surface area contributed by atoms with E-state index in [-0.39, 0.29) is 5.02 Å². The second-order valence-electron chi connectivity index (χ2n) is 5.37. The summed E-state index contributed by atoms with van der Waals surface area (Å²) in [6.45, 7) is 0. The third kappa shape index (κ3) is 3.96. The first-order valence-corrected chi connectivity index (χ1v) is 8.84. The first kappa shape index (κ1) is 18.9. The molecular weight excluding hydrogens is 395 g/mol. The van der Waals surface area contributed by atoms with Gasteiger partial charge in [-0.3, -0.25) is 0 Å². The Hall–Kier alpha value is -2.84. The van der Waals surface area contributed by atoms with Crippen LogP contribution in [0.5, 0.6) is 5.75 Å². The average molecular weight is 409 g/mol. The molecule has 1 heterocycles. The number of esters is 1. The lowest BCUT2D eigenvalue weighted by molar-refractivity contribution is 0.0603. The summed E-state index contributed by atoms with van der Waals surface area (Å²) >= 11 is 6.94. The fourth-order valence-corrected chi connectivity index (χ4v) is 3.70. The van der Waals surface area contributed by atoms with E-state index in [1.165, 1.54) is 37.7 Å². The Balaban J connectivity index is 1.83. The van der Waals surface area contributed by atoms with Crippen molar-refractivity contribution < 1.29 is 23.5 Å². The Bertz CT molecular complexity index is 1040. The molecule has 0 saturated heterocycles. The largest absolute Gasteiger partial charge is 0.494 e. The molecular formula is C18H14ClFN2O4S. The molecule has 0 fully saturated rings. The molecule has 0 atom stereocenters. The van der Waals surface area contributed by atoms with Crippen molar-refractivity contribution in [3.05, 3.63) is 52.1 Å². The Kier molecular flexibility index (Phi) is 5.48. The van der Waals surface area contributed by atoms with Crippen LogP contribution >= 0.6 is 22.9 Å². The van der Waals surface area contributed by atoms with Crippen LogP contribution in [0.15, 0.2) is 36.4 Å². The van der Waals surface area contributed by atoms with Gasteiger partial charge in [0.2, 0.25) is 0 Å². The minimum absolute atomic E-state index is 0.0902. The average Bonchev–Trinajstić information content (AvgIpc) is 3.01. The van der Waals surface area contributed by atoms with Crippen LogP contribution in [-0.2, 0) is 4.74 Å². The number of ether oxygens (including phenoxy) is 2. The van der Waals surface area contributed by atoms with Crippen molar-refractivity contribution in [1.29, 1.82) is 0 Å². The molecule has 1 aromatic heterocycles. The number of urea groups is 1. The van der Waals surface area contributed by atoms with Crippen molar-refractivity contribution in [3.63, 3.8) is 0 Å². The number of halogens is 2. The number of hydrogen-bond donors (Lipinski definition) is 2. The van der Waals surface area contributed by atoms with E-state index in [9.17, 15) is 14.0 Å². The minimum atomic E-state index is -0.570. The summed E-state index contributed by atoms with van der Waals surface area (Å²) in [5.41, 5.74) is 0.835. The van der Waals surface area contributed by atoms with Crippen molar-refractivity contribution in [3.8, 4) is 5.75 Å². The van der Waals surface area contributed by atoms with E-state index in [4.69, 9.17) is 21.1 Å². The number of rotatable bonds is 4. The van der Waals surface area contributed by atoms with Gasteiger partial charge in [-0.15, -0.1) is 11.3 Å². The van der Waals surface area contributed by atoms with Crippen molar-refractivity contribution >= 4 is 56.4 Å². The molecule has 2 N–H and O–H groups in total. The maximum Gasteiger partial charge on any atom is 0.351 e. The second kappa shape index (κ2) is 7.81. The van der Waals surface area contributed by atoms with E-state index in [2.05, 4.69) is 10.6 Å². The minimum Gasteiger partial charge on any atom is -0.494 e. The molecule has 0 aliphatic heterocycles. The maximum absolute atomic E-state index is 13.2. The van der Waals surface area contributed by atoms with Crippen molar-refractivity contribution in [2.75, 3.05) is 24.9 Å². The van der Waals surface area contributed by atoms with Crippen molar-refractivity contribution in [2.45, 2.75) is 0 Å². The zero-order valence-electron chi connectivity index (χ0n) is 14.3. The Morgan fingerprint density at radius 1 is 1.07 bits per heavy atom. The summed E-state index contributed by atoms with van der Waals surface area (Å²) in [7, 11) is 2.75. The molecule has 27 heavy (non-hydrogen) atoms. The first-order chi connectivity index (χ1) is 12.9. The fraction of sp³-hybridized carbons (Fsp3) is 0.111. The zero-order chi connectivity index (χ0) is 19.6. The van der Waals surface area contributed by atoms with Crippen LogP contribution in [0.1, 0.15) is 9.67 Å². The summed E-state index contributed by atoms with van der Waals surface area (Å²) < 4.78 is 24.1. The van der Waals surface area contributed by atoms with E-state index in [1.54, 1.807) is 18.2 Å². The number of amides is 2. The molecule has 2 aromatic carbocycles. The van der Waals surface area contributed by atoms with Crippen LogP contribution in [0.4, 0.5) is 20.6 Å². The summed E-state index contributed by atoms with van der Waals surface area (Å²) in [4.78, 5) is 24.4. The van der Waals surface area contributed by atoms with Gasteiger partial charge < -0.3 is 20.1 Å². The standard InChI is InChI=1S/C18H14ClFN2O4S/c1-25-15-11-7-9(4-6-14(11)27-16(15)17(23)26-2)21-18(24)22-10-3-5-13(20)12(19)8-10/h3-8H,1-2H3,(H2,21,22,24). The number of anilines is 2. The van der Waals surface area contributed by atoms with Gasteiger partial charge in [-0.25, -0.2) is 14.0 Å². The van der Waals surface area contributed by atoms with Gasteiger partial charge in [-0.1, -0.05) is 11.6 Å². The topological polar surface area (TPSA) is 76.7 Å². The van der Waals surface area contributed by atoms with Crippen LogP contribution in [0, 0.1) is 5.82 Å². The van der Waals surface area contributed by atoms with E-state index < -0.39 is 17.8 Å². The smallest absolute Gasteiger partial charge is 0.351 e. The highest BCUT2D eigenvalue weighted by Gasteiger charge is 2.20. The first-order valence-electron chi connectivity index (χ1n) is 7.65. The van der Waals surface area contributed by atoms with Crippen LogP contribution in [0.25, 0.3) is 10.1 Å². The lowest BCUT2D eigenvalue weighted by atomic mass is 10.2. The van der Waals surface area contributed by atoms with Crippen LogP contribution in [-0.4, -0.2) is 26.2 Å². The molecule has 6 nitrogen and oxygen atoms in total. The number of carbonyl (C=O) groups is 2. The lowest BCUT2D eigenvalue weighted by Gasteiger charge is -2.09. The predicted molar refractivity (Wildman–Crippen MR) is 104 cm³/mol. The number of carbonyl (C=O) groups excluding carboxylic acids is 2. The number of thiophene rings is 1. The maximum atomic E-state index is 13.2. The predicted octanol–water partition coefficient (Wildman–Crippen LogP) is 5.13. The summed E-state index contributed by atoms with van der Waals surface area (Å²) in [5.74, 6) is -0.677. The van der Waals surface area contributed by atoms with E-state index >= 15 is 0 Å². The molecule has 3 rings (SSSR count). The SMILES string of the molecule is COC(=O)c1sc2ccc(NC(=O)Nc3ccc(F)c(Cl)c3)cc2c1OC. The number of fused-ring (bicyclic) bond motifs is 1. The Labute approximate surface area is 162 Å². The molecule has 140 valence electrons. The second-order valence-corrected chi connectivity index (χ2v) is 6.83. The molecule has 0 radical (unpaired) electrons. The number of benzene rings is 2. The number of methoxy groups -OCH3 is 2. The summed E-state index contributed by atoms with van der Waals surface area (Å²) in [5, 5.41) is 5.81. The van der Waals surface area contributed by atoms with Gasteiger partial charge in [0.15, 0.2) is 10.6 Å². The molecule has 0 aliphatic rings. The van der Waals surface area contributed by atoms with Gasteiger partial charge >= 0.3 is 12.0 Å². The van der Waals surface area contributed by atoms with Crippen LogP contribution in [0.2, 0.25) is 5.02 Å². The molecule has 3 aromatic rings. The van der Waals surface area contributed by atoms with E-state index in [0.29, 0.717) is 27.4 Å². The molecule has 0 unspecified atom stereocenters. The van der Waals surface area contributed by atoms with E-state index in [1.807, 2.05) is 0 Å². The Morgan fingerprint density at radius 2 is 1.74 bits per heavy atom. The highest BCUT2D eigenvalue weighted by molar-refractivity contribution is 7.21. The van der Waals surface area contributed by atoms with Crippen LogP contribution in [0.3, 0.4) is 0 Å². The monoisotopic (exact) mass is 408 g/mol. The fourth-order valence-electron chi connectivity index (χ4n) is 2.45. The van der Waals surface area contributed by atoms with Crippen molar-refractivity contribution in [1.82, 2.24) is 0 Å². The molecule has 0 bridgehead atoms. The van der Waals surface area contributed by atoms with Gasteiger partial charge in [0.25, 0.3) is 0 Å². The quantitative estimate of drug-likeness (QED) is 0.586. The van der Waals surface area contributed by atoms with E-state index in [0.717, 1.165) is 10.8 Å². The molecule has 9 heteroatoms. The molecule has 0 spiro atoms. The molecule has 2 amide bonds. The third-order valence-electron chi connectivity index (χ3n) is 3.65. The van der Waals surface area contributed by atoms with Gasteiger partial charge in [0, 0.05) is 21.5 Å². The lowest BCUT2D eigenvalue weighted by Crippen LogP contribution is -2.19. The molecule has 0 saturated carbocycles. The Morgan fingerprint density at radius 3 is 2.37 bits per heavy atom. The third-order valence-corrected chi connectivity index (χ3v) is 5.07. The number of hydrogen-bond acceptors (Lipinski definition) is 5. The molecule has 0 aliphatic carbocycles. The zero-order valence-corrected chi connectivity index (χ0v) is 15.8. The van der Waals surface area contributed by atoms with Gasteiger partial charge in [0.05, 0.1) is 19.2 Å². The summed E-state index contributed by atoms with van der Waals surface area (Å²) in [6, 6.07) is 8.48. The highest BCUT2D eigenvalue weighted by Crippen LogP contribution is 2.39. The summed E-state index contributed by atoms with van der Waals surface area (Å²) in [6.07, 6.45) is 0.